The lowest BCUT2D eigenvalue weighted by Gasteiger charge is -2.08. The summed E-state index contributed by atoms with van der Waals surface area (Å²) in [7, 11) is 1.41. The molecule has 1 atom stereocenters. The lowest BCUT2D eigenvalue weighted by molar-refractivity contribution is -0.138. The molecule has 100 valence electrons. The Morgan fingerprint density at radius 1 is 1.39 bits per heavy atom. The van der Waals surface area contributed by atoms with Gasteiger partial charge in [-0.1, -0.05) is 13.8 Å². The van der Waals surface area contributed by atoms with Crippen LogP contribution < -0.4 is 5.73 Å². The Bertz CT molecular complexity index is 431. The second kappa shape index (κ2) is 5.53. The van der Waals surface area contributed by atoms with Gasteiger partial charge in [-0.05, 0) is 5.92 Å². The van der Waals surface area contributed by atoms with Crippen LogP contribution in [0.2, 0.25) is 0 Å². The fourth-order valence-electron chi connectivity index (χ4n) is 1.53. The standard InChI is InChI=1S/C11H16N2O4S/c1-5(2)7-8(10(15)13(3)9(7)14)18-4-6(12)11(16)17/h5-6H,4,12H2,1-3H3,(H,16,17)/t6-/m0/s1. The predicted octanol–water partition coefficient (Wildman–Crippen LogP) is 0.0402. The van der Waals surface area contributed by atoms with E-state index in [2.05, 4.69) is 0 Å². The summed E-state index contributed by atoms with van der Waals surface area (Å²) in [6.07, 6.45) is 0. The van der Waals surface area contributed by atoms with Crippen molar-refractivity contribution in [1.29, 1.82) is 0 Å². The number of amides is 2. The highest BCUT2D eigenvalue weighted by molar-refractivity contribution is 8.04. The van der Waals surface area contributed by atoms with Crippen molar-refractivity contribution in [3.63, 3.8) is 0 Å². The molecule has 0 aliphatic carbocycles. The summed E-state index contributed by atoms with van der Waals surface area (Å²) in [6, 6.07) is -1.05. The Labute approximate surface area is 109 Å². The lowest BCUT2D eigenvalue weighted by atomic mass is 10.0. The molecule has 1 aliphatic heterocycles. The van der Waals surface area contributed by atoms with E-state index < -0.39 is 12.0 Å². The number of hydrogen-bond acceptors (Lipinski definition) is 5. The highest BCUT2D eigenvalue weighted by atomic mass is 32.2. The van der Waals surface area contributed by atoms with Gasteiger partial charge in [0, 0.05) is 18.4 Å². The molecule has 6 nitrogen and oxygen atoms in total. The van der Waals surface area contributed by atoms with Gasteiger partial charge in [0.1, 0.15) is 6.04 Å². The first-order valence-electron chi connectivity index (χ1n) is 5.45. The molecule has 18 heavy (non-hydrogen) atoms. The number of aliphatic carboxylic acids is 1. The van der Waals surface area contributed by atoms with Crippen molar-refractivity contribution in [2.45, 2.75) is 19.9 Å². The van der Waals surface area contributed by atoms with E-state index in [1.54, 1.807) is 0 Å². The quantitative estimate of drug-likeness (QED) is 0.685. The first kappa shape index (κ1) is 14.7. The van der Waals surface area contributed by atoms with Crippen molar-refractivity contribution in [2.75, 3.05) is 12.8 Å². The minimum absolute atomic E-state index is 0.0632. The van der Waals surface area contributed by atoms with Gasteiger partial charge < -0.3 is 10.8 Å². The average Bonchev–Trinajstić information content (AvgIpc) is 2.50. The monoisotopic (exact) mass is 272 g/mol. The zero-order valence-electron chi connectivity index (χ0n) is 10.5. The van der Waals surface area contributed by atoms with E-state index >= 15 is 0 Å². The van der Waals surface area contributed by atoms with Crippen LogP contribution in [0.4, 0.5) is 0 Å². The maximum absolute atomic E-state index is 11.9. The molecular weight excluding hydrogens is 256 g/mol. The normalized spacial score (nSPS) is 17.9. The summed E-state index contributed by atoms with van der Waals surface area (Å²) in [4.78, 5) is 35.7. The second-order valence-corrected chi connectivity index (χ2v) is 5.35. The first-order valence-corrected chi connectivity index (χ1v) is 6.43. The molecule has 1 heterocycles. The van der Waals surface area contributed by atoms with Gasteiger partial charge in [-0.2, -0.15) is 0 Å². The van der Waals surface area contributed by atoms with Crippen LogP contribution in [-0.4, -0.2) is 46.6 Å². The van der Waals surface area contributed by atoms with Gasteiger partial charge in [0.25, 0.3) is 11.8 Å². The number of thioether (sulfide) groups is 1. The van der Waals surface area contributed by atoms with E-state index in [4.69, 9.17) is 10.8 Å². The van der Waals surface area contributed by atoms with E-state index in [1.165, 1.54) is 7.05 Å². The third-order valence-corrected chi connectivity index (χ3v) is 3.79. The van der Waals surface area contributed by atoms with Crippen molar-refractivity contribution in [1.82, 2.24) is 4.90 Å². The van der Waals surface area contributed by atoms with Crippen LogP contribution in [0, 0.1) is 5.92 Å². The number of likely N-dealkylation sites (N-methyl/N-ethyl adjacent to an activating group) is 1. The Morgan fingerprint density at radius 2 is 1.94 bits per heavy atom. The van der Waals surface area contributed by atoms with Gasteiger partial charge >= 0.3 is 5.97 Å². The Kier molecular flexibility index (Phi) is 4.53. The van der Waals surface area contributed by atoms with E-state index in [9.17, 15) is 14.4 Å². The maximum atomic E-state index is 11.9. The largest absolute Gasteiger partial charge is 0.480 e. The van der Waals surface area contributed by atoms with Crippen LogP contribution >= 0.6 is 11.8 Å². The van der Waals surface area contributed by atoms with Crippen molar-refractivity contribution >= 4 is 29.5 Å². The van der Waals surface area contributed by atoms with Crippen LogP contribution in [0.3, 0.4) is 0 Å². The summed E-state index contributed by atoms with van der Waals surface area (Å²) < 4.78 is 0. The molecule has 0 aromatic rings. The molecule has 1 rings (SSSR count). The van der Waals surface area contributed by atoms with Gasteiger partial charge in [0.2, 0.25) is 0 Å². The summed E-state index contributed by atoms with van der Waals surface area (Å²) in [5.74, 6) is -1.85. The van der Waals surface area contributed by atoms with Gasteiger partial charge in [-0.25, -0.2) is 0 Å². The van der Waals surface area contributed by atoms with E-state index in [0.29, 0.717) is 10.5 Å². The van der Waals surface area contributed by atoms with Crippen molar-refractivity contribution < 1.29 is 19.5 Å². The minimum atomic E-state index is -1.13. The number of imide groups is 1. The smallest absolute Gasteiger partial charge is 0.321 e. The molecule has 3 N–H and O–H groups in total. The third kappa shape index (κ3) is 2.73. The zero-order chi connectivity index (χ0) is 14.0. The molecule has 0 saturated carbocycles. The fourth-order valence-corrected chi connectivity index (χ4v) is 2.76. The number of carboxylic acids is 1. The van der Waals surface area contributed by atoms with Crippen molar-refractivity contribution in [3.05, 3.63) is 10.5 Å². The Hall–Kier alpha value is -1.34. The van der Waals surface area contributed by atoms with E-state index in [1.807, 2.05) is 13.8 Å². The molecule has 0 spiro atoms. The number of carbonyl (C=O) groups excluding carboxylic acids is 2. The van der Waals surface area contributed by atoms with Crippen molar-refractivity contribution in [3.8, 4) is 0 Å². The average molecular weight is 272 g/mol. The first-order chi connectivity index (χ1) is 8.27. The number of rotatable bonds is 5. The number of hydrogen-bond donors (Lipinski definition) is 2. The van der Waals surface area contributed by atoms with Gasteiger partial charge in [-0.3, -0.25) is 19.3 Å². The predicted molar refractivity (Wildman–Crippen MR) is 67.7 cm³/mol. The molecule has 0 saturated heterocycles. The van der Waals surface area contributed by atoms with Crippen LogP contribution in [0.25, 0.3) is 0 Å². The number of nitrogens with zero attached hydrogens (tertiary/aromatic N) is 1. The molecule has 0 aromatic carbocycles. The van der Waals surface area contributed by atoms with Gasteiger partial charge in [-0.15, -0.1) is 11.8 Å². The molecular formula is C11H16N2O4S. The number of carboxylic acid groups (broad SMARTS) is 1. The van der Waals surface area contributed by atoms with Crippen LogP contribution in [-0.2, 0) is 14.4 Å². The molecule has 1 aliphatic rings. The topological polar surface area (TPSA) is 101 Å². The molecule has 0 radical (unpaired) electrons. The van der Waals surface area contributed by atoms with Crippen LogP contribution in [0.1, 0.15) is 13.8 Å². The molecule has 7 heteroatoms. The van der Waals surface area contributed by atoms with E-state index in [0.717, 1.165) is 16.7 Å². The van der Waals surface area contributed by atoms with Gasteiger partial charge in [0.05, 0.1) is 4.91 Å². The Morgan fingerprint density at radius 3 is 2.39 bits per heavy atom. The lowest BCUT2D eigenvalue weighted by Crippen LogP contribution is -2.33. The molecule has 2 amide bonds. The minimum Gasteiger partial charge on any atom is -0.480 e. The Balaban J connectivity index is 2.92. The molecule has 0 fully saturated rings. The highest BCUT2D eigenvalue weighted by Gasteiger charge is 2.37. The number of nitrogens with two attached hydrogens (primary N) is 1. The zero-order valence-corrected chi connectivity index (χ0v) is 11.3. The molecule has 0 bridgehead atoms. The highest BCUT2D eigenvalue weighted by Crippen LogP contribution is 2.33. The number of carbonyl (C=O) groups is 3. The summed E-state index contributed by atoms with van der Waals surface area (Å²) in [6.45, 7) is 3.63. The summed E-state index contributed by atoms with van der Waals surface area (Å²) >= 11 is 1.03. The third-order valence-electron chi connectivity index (χ3n) is 2.58. The van der Waals surface area contributed by atoms with Gasteiger partial charge in [0.15, 0.2) is 0 Å². The SMILES string of the molecule is CC(C)C1=C(SC[C@H](N)C(=O)O)C(=O)N(C)C1=O. The second-order valence-electron chi connectivity index (χ2n) is 4.32. The summed E-state index contributed by atoms with van der Waals surface area (Å²) in [5.41, 5.74) is 5.81. The van der Waals surface area contributed by atoms with E-state index in [-0.39, 0.29) is 23.5 Å². The summed E-state index contributed by atoms with van der Waals surface area (Å²) in [5, 5.41) is 8.68. The van der Waals surface area contributed by atoms with Crippen LogP contribution in [0.15, 0.2) is 10.5 Å². The molecule has 0 aromatic heterocycles. The maximum Gasteiger partial charge on any atom is 0.321 e. The van der Waals surface area contributed by atoms with Crippen molar-refractivity contribution in [2.24, 2.45) is 11.7 Å². The van der Waals surface area contributed by atoms with Crippen LogP contribution in [0.5, 0.6) is 0 Å². The molecule has 0 unspecified atom stereocenters. The fraction of sp³-hybridized carbons (Fsp3) is 0.545.